The van der Waals surface area contributed by atoms with Crippen LogP contribution in [0, 0.1) is 5.41 Å². The Hall–Kier alpha value is -1.12. The maximum absolute atomic E-state index is 10.9. The van der Waals surface area contributed by atoms with E-state index >= 15 is 0 Å². The Bertz CT molecular complexity index is 225. The highest BCUT2D eigenvalue weighted by atomic mass is 16.5. The molecule has 0 fully saturated rings. The van der Waals surface area contributed by atoms with Gasteiger partial charge in [-0.15, -0.1) is 0 Å². The molecule has 0 aromatic carbocycles. The zero-order valence-electron chi connectivity index (χ0n) is 8.02. The summed E-state index contributed by atoms with van der Waals surface area (Å²) < 4.78 is 4.51. The number of carbonyl (C=O) groups is 1. The number of hydrogen-bond acceptors (Lipinski definition) is 3. The quantitative estimate of drug-likeness (QED) is 0.518. The van der Waals surface area contributed by atoms with Gasteiger partial charge in [-0.3, -0.25) is 4.79 Å². The van der Waals surface area contributed by atoms with Gasteiger partial charge in [0.1, 0.15) is 0 Å². The van der Waals surface area contributed by atoms with Crippen LogP contribution in [0.25, 0.3) is 0 Å². The number of carbonyl (C=O) groups excluding carboxylic acids is 1. The zero-order chi connectivity index (χ0) is 9.72. The average Bonchev–Trinajstić information content (AvgIpc) is 1.98. The van der Waals surface area contributed by atoms with Crippen molar-refractivity contribution in [1.82, 2.24) is 0 Å². The summed E-state index contributed by atoms with van der Waals surface area (Å²) in [7, 11) is 1.35. The molecule has 1 N–H and O–H groups in total. The number of ether oxygens (including phenoxy) is 1. The highest BCUT2D eigenvalue weighted by Gasteiger charge is 2.08. The molecule has 0 unspecified atom stereocenters. The predicted molar refractivity (Wildman–Crippen MR) is 48.4 cm³/mol. The molecule has 0 radical (unpaired) electrons. The molecule has 0 amide bonds. The first kappa shape index (κ1) is 10.9. The van der Waals surface area contributed by atoms with E-state index in [-0.39, 0.29) is 12.4 Å². The van der Waals surface area contributed by atoms with Crippen LogP contribution in [-0.2, 0) is 9.53 Å². The van der Waals surface area contributed by atoms with E-state index in [2.05, 4.69) is 4.74 Å². The maximum Gasteiger partial charge on any atom is 0.310 e. The lowest BCUT2D eigenvalue weighted by atomic mass is 10.0. The zero-order valence-corrected chi connectivity index (χ0v) is 8.02. The van der Waals surface area contributed by atoms with E-state index in [1.54, 1.807) is 6.92 Å². The van der Waals surface area contributed by atoms with Gasteiger partial charge in [0.2, 0.25) is 0 Å². The number of hydrogen-bond donors (Lipinski definition) is 1. The first-order valence-corrected chi connectivity index (χ1v) is 3.77. The van der Waals surface area contributed by atoms with Crippen LogP contribution >= 0.6 is 0 Å². The molecule has 3 heteroatoms. The Morgan fingerprint density at radius 3 is 2.08 bits per heavy atom. The van der Waals surface area contributed by atoms with Crippen molar-refractivity contribution in [2.45, 2.75) is 27.2 Å². The van der Waals surface area contributed by atoms with Crippen molar-refractivity contribution in [1.29, 1.82) is 5.41 Å². The van der Waals surface area contributed by atoms with Gasteiger partial charge in [0.25, 0.3) is 0 Å². The van der Waals surface area contributed by atoms with Crippen molar-refractivity contribution < 1.29 is 9.53 Å². The van der Waals surface area contributed by atoms with Gasteiger partial charge in [0.15, 0.2) is 0 Å². The summed E-state index contributed by atoms with van der Waals surface area (Å²) in [6.45, 7) is 5.44. The molecule has 0 aromatic rings. The molecular formula is C9H15NO2. The number of nitrogens with one attached hydrogen (secondary N) is 1. The number of esters is 1. The van der Waals surface area contributed by atoms with E-state index < -0.39 is 0 Å². The van der Waals surface area contributed by atoms with E-state index in [0.717, 1.165) is 11.1 Å². The molecule has 68 valence electrons. The van der Waals surface area contributed by atoms with Crippen LogP contribution in [0.3, 0.4) is 0 Å². The Morgan fingerprint density at radius 1 is 1.33 bits per heavy atom. The van der Waals surface area contributed by atoms with Gasteiger partial charge in [0.05, 0.1) is 13.5 Å². The fourth-order valence-corrected chi connectivity index (χ4v) is 0.901. The molecule has 0 aromatic heterocycles. The van der Waals surface area contributed by atoms with Crippen LogP contribution in [0.2, 0.25) is 0 Å². The molecule has 0 saturated carbocycles. The SMILES string of the molecule is COC(=O)CC(C(C)=N)=C(C)C. The molecule has 3 nitrogen and oxygen atoms in total. The van der Waals surface area contributed by atoms with Gasteiger partial charge in [0, 0.05) is 5.71 Å². The molecule has 0 heterocycles. The lowest BCUT2D eigenvalue weighted by Gasteiger charge is -2.06. The fraction of sp³-hybridized carbons (Fsp3) is 0.556. The topological polar surface area (TPSA) is 50.2 Å². The highest BCUT2D eigenvalue weighted by Crippen LogP contribution is 2.10. The summed E-state index contributed by atoms with van der Waals surface area (Å²) in [6.07, 6.45) is 0.203. The molecule has 0 aliphatic carbocycles. The Balaban J connectivity index is 4.48. The van der Waals surface area contributed by atoms with Crippen molar-refractivity contribution in [3.8, 4) is 0 Å². The summed E-state index contributed by atoms with van der Waals surface area (Å²) in [5.74, 6) is -0.294. The molecule has 0 saturated heterocycles. The van der Waals surface area contributed by atoms with Gasteiger partial charge in [-0.2, -0.15) is 0 Å². The van der Waals surface area contributed by atoms with Crippen molar-refractivity contribution in [2.24, 2.45) is 0 Å². The van der Waals surface area contributed by atoms with Crippen LogP contribution in [0.15, 0.2) is 11.1 Å². The average molecular weight is 169 g/mol. The molecule has 0 rings (SSSR count). The smallest absolute Gasteiger partial charge is 0.310 e. The van der Waals surface area contributed by atoms with Crippen LogP contribution < -0.4 is 0 Å². The van der Waals surface area contributed by atoms with Gasteiger partial charge in [-0.05, 0) is 26.3 Å². The monoisotopic (exact) mass is 169 g/mol. The third kappa shape index (κ3) is 3.32. The Morgan fingerprint density at radius 2 is 1.83 bits per heavy atom. The van der Waals surface area contributed by atoms with Gasteiger partial charge >= 0.3 is 5.97 Å². The van der Waals surface area contributed by atoms with Crippen molar-refractivity contribution in [3.05, 3.63) is 11.1 Å². The van der Waals surface area contributed by atoms with Gasteiger partial charge < -0.3 is 10.1 Å². The number of rotatable bonds is 3. The normalized spacial score (nSPS) is 9.00. The van der Waals surface area contributed by atoms with Crippen LogP contribution in [-0.4, -0.2) is 18.8 Å². The van der Waals surface area contributed by atoms with E-state index in [1.807, 2.05) is 13.8 Å². The minimum Gasteiger partial charge on any atom is -0.469 e. The third-order valence-electron chi connectivity index (χ3n) is 1.61. The van der Waals surface area contributed by atoms with Crippen molar-refractivity contribution >= 4 is 11.7 Å². The summed E-state index contributed by atoms with van der Waals surface area (Å²) in [6, 6.07) is 0. The Kier molecular flexibility index (Phi) is 4.26. The van der Waals surface area contributed by atoms with Crippen molar-refractivity contribution in [2.75, 3.05) is 7.11 Å². The fourth-order valence-electron chi connectivity index (χ4n) is 0.901. The largest absolute Gasteiger partial charge is 0.469 e. The van der Waals surface area contributed by atoms with Crippen LogP contribution in [0.1, 0.15) is 27.2 Å². The molecule has 0 atom stereocenters. The first-order chi connectivity index (χ1) is 5.49. The molecule has 12 heavy (non-hydrogen) atoms. The molecular weight excluding hydrogens is 154 g/mol. The van der Waals surface area contributed by atoms with E-state index in [4.69, 9.17) is 5.41 Å². The standard InChI is InChI=1S/C9H15NO2/c1-6(2)8(7(3)10)5-9(11)12-4/h10H,5H2,1-4H3. The minimum absolute atomic E-state index is 0.203. The highest BCUT2D eigenvalue weighted by molar-refractivity contribution is 6.00. The van der Waals surface area contributed by atoms with Gasteiger partial charge in [-0.1, -0.05) is 5.57 Å². The molecule has 0 spiro atoms. The number of methoxy groups -OCH3 is 1. The Labute approximate surface area is 72.9 Å². The van der Waals surface area contributed by atoms with E-state index in [9.17, 15) is 4.79 Å². The summed E-state index contributed by atoms with van der Waals surface area (Å²) in [5, 5.41) is 7.38. The van der Waals surface area contributed by atoms with Crippen molar-refractivity contribution in [3.63, 3.8) is 0 Å². The van der Waals surface area contributed by atoms with E-state index in [0.29, 0.717) is 5.71 Å². The summed E-state index contributed by atoms with van der Waals surface area (Å²) in [5.41, 5.74) is 2.19. The minimum atomic E-state index is -0.294. The summed E-state index contributed by atoms with van der Waals surface area (Å²) in [4.78, 5) is 10.9. The predicted octanol–water partition coefficient (Wildman–Crippen LogP) is 1.93. The first-order valence-electron chi connectivity index (χ1n) is 3.77. The lowest BCUT2D eigenvalue weighted by Crippen LogP contribution is -2.07. The molecule has 0 aliphatic heterocycles. The lowest BCUT2D eigenvalue weighted by molar-refractivity contribution is -0.139. The molecule has 0 bridgehead atoms. The number of allylic oxidation sites excluding steroid dienone is 1. The second-order valence-electron chi connectivity index (χ2n) is 2.86. The summed E-state index contributed by atoms with van der Waals surface area (Å²) >= 11 is 0. The third-order valence-corrected chi connectivity index (χ3v) is 1.61. The van der Waals surface area contributed by atoms with Gasteiger partial charge in [-0.25, -0.2) is 0 Å². The maximum atomic E-state index is 10.9. The van der Waals surface area contributed by atoms with Crippen LogP contribution in [0.5, 0.6) is 0 Å². The van der Waals surface area contributed by atoms with Crippen LogP contribution in [0.4, 0.5) is 0 Å². The second kappa shape index (κ2) is 4.70. The molecule has 0 aliphatic rings. The van der Waals surface area contributed by atoms with E-state index in [1.165, 1.54) is 7.11 Å². The second-order valence-corrected chi connectivity index (χ2v) is 2.86.